The van der Waals surface area contributed by atoms with E-state index in [1.165, 1.54) is 0 Å². The second-order valence-electron chi connectivity index (χ2n) is 3.91. The molecule has 1 aromatic heterocycles. The Morgan fingerprint density at radius 1 is 1.27 bits per heavy atom. The van der Waals surface area contributed by atoms with Crippen LogP contribution in [-0.4, -0.2) is 29.8 Å². The van der Waals surface area contributed by atoms with Gasteiger partial charge in [0.15, 0.2) is 0 Å². The molecule has 0 fully saturated rings. The molecule has 2 rings (SSSR count). The number of hydrogen-bond donors (Lipinski definition) is 2. The Kier molecular flexibility index (Phi) is 2.23. The van der Waals surface area contributed by atoms with E-state index in [2.05, 4.69) is 4.98 Å². The van der Waals surface area contributed by atoms with E-state index in [1.54, 1.807) is 0 Å². The number of hydrogen-bond acceptors (Lipinski definition) is 1. The highest BCUT2D eigenvalue weighted by Crippen LogP contribution is 2.22. The normalized spacial score (nSPS) is 10.6. The second kappa shape index (κ2) is 3.42. The molecule has 0 aliphatic carbocycles. The zero-order chi connectivity index (χ0) is 11.0. The molecule has 0 aliphatic rings. The van der Waals surface area contributed by atoms with Gasteiger partial charge in [-0.3, -0.25) is 5.41 Å². The lowest BCUT2D eigenvalue weighted by atomic mass is 10.1. The first-order chi connectivity index (χ1) is 7.11. The summed E-state index contributed by atoms with van der Waals surface area (Å²) in [5, 5.41) is 9.15. The van der Waals surface area contributed by atoms with Crippen molar-refractivity contribution >= 4 is 16.7 Å². The number of aryl methyl sites for hydroxylation is 1. The Hall–Kier alpha value is -1.77. The van der Waals surface area contributed by atoms with Crippen molar-refractivity contribution in [3.05, 3.63) is 35.5 Å². The van der Waals surface area contributed by atoms with Crippen LogP contribution in [0.15, 0.2) is 24.3 Å². The van der Waals surface area contributed by atoms with Crippen LogP contribution >= 0.6 is 0 Å². The highest BCUT2D eigenvalue weighted by molar-refractivity contribution is 6.09. The fraction of sp³-hybridized carbons (Fsp3) is 0.250. The van der Waals surface area contributed by atoms with Crippen molar-refractivity contribution in [1.29, 1.82) is 5.41 Å². The summed E-state index contributed by atoms with van der Waals surface area (Å²) >= 11 is 0. The predicted octanol–water partition coefficient (Wildman–Crippen LogP) is 2.36. The number of para-hydroxylation sites is 1. The van der Waals surface area contributed by atoms with Crippen LogP contribution in [0, 0.1) is 12.3 Å². The summed E-state index contributed by atoms with van der Waals surface area (Å²) in [7, 11) is 3.78. The van der Waals surface area contributed by atoms with E-state index < -0.39 is 0 Å². The number of benzene rings is 1. The van der Waals surface area contributed by atoms with E-state index in [4.69, 9.17) is 5.41 Å². The molecule has 1 heterocycles. The maximum absolute atomic E-state index is 8.03. The second-order valence-corrected chi connectivity index (χ2v) is 3.91. The molecule has 0 saturated carbocycles. The Bertz CT molecular complexity index is 509. The zero-order valence-corrected chi connectivity index (χ0v) is 9.26. The minimum absolute atomic E-state index is 0.546. The van der Waals surface area contributed by atoms with Gasteiger partial charge in [-0.15, -0.1) is 0 Å². The van der Waals surface area contributed by atoms with Gasteiger partial charge in [0, 0.05) is 36.3 Å². The Labute approximate surface area is 89.2 Å². The van der Waals surface area contributed by atoms with E-state index >= 15 is 0 Å². The zero-order valence-electron chi connectivity index (χ0n) is 9.26. The fourth-order valence-corrected chi connectivity index (χ4v) is 1.81. The number of H-pyrrole nitrogens is 1. The molecule has 2 aromatic rings. The number of nitrogens with one attached hydrogen (secondary N) is 2. The van der Waals surface area contributed by atoms with Crippen molar-refractivity contribution in [2.24, 2.45) is 0 Å². The van der Waals surface area contributed by atoms with Gasteiger partial charge in [0.1, 0.15) is 5.84 Å². The van der Waals surface area contributed by atoms with Gasteiger partial charge < -0.3 is 9.88 Å². The number of fused-ring (bicyclic) bond motifs is 1. The molecule has 1 aromatic carbocycles. The third kappa shape index (κ3) is 1.50. The number of amidine groups is 1. The summed E-state index contributed by atoms with van der Waals surface area (Å²) in [4.78, 5) is 5.12. The molecule has 0 amide bonds. The van der Waals surface area contributed by atoms with Gasteiger partial charge in [0.25, 0.3) is 0 Å². The number of aromatic nitrogens is 1. The Balaban J connectivity index is 2.69. The molecule has 15 heavy (non-hydrogen) atoms. The highest BCUT2D eigenvalue weighted by atomic mass is 15.1. The van der Waals surface area contributed by atoms with Crippen LogP contribution in [0.1, 0.15) is 11.3 Å². The molecule has 0 atom stereocenters. The van der Waals surface area contributed by atoms with Gasteiger partial charge in [-0.05, 0) is 13.0 Å². The van der Waals surface area contributed by atoms with Crippen LogP contribution < -0.4 is 0 Å². The van der Waals surface area contributed by atoms with Gasteiger partial charge in [0.05, 0.1) is 0 Å². The quantitative estimate of drug-likeness (QED) is 0.540. The summed E-state index contributed by atoms with van der Waals surface area (Å²) < 4.78 is 0. The van der Waals surface area contributed by atoms with Gasteiger partial charge in [0.2, 0.25) is 0 Å². The summed E-state index contributed by atoms with van der Waals surface area (Å²) in [6.45, 7) is 2.01. The monoisotopic (exact) mass is 201 g/mol. The molecule has 0 bridgehead atoms. The smallest absolute Gasteiger partial charge is 0.129 e. The van der Waals surface area contributed by atoms with Gasteiger partial charge in [-0.1, -0.05) is 18.2 Å². The topological polar surface area (TPSA) is 42.9 Å². The van der Waals surface area contributed by atoms with Crippen molar-refractivity contribution < 1.29 is 0 Å². The van der Waals surface area contributed by atoms with Crippen LogP contribution in [0.2, 0.25) is 0 Å². The number of nitrogens with zero attached hydrogens (tertiary/aromatic N) is 1. The maximum Gasteiger partial charge on any atom is 0.129 e. The minimum atomic E-state index is 0.546. The molecule has 3 heteroatoms. The Morgan fingerprint density at radius 3 is 2.60 bits per heavy atom. The van der Waals surface area contributed by atoms with Gasteiger partial charge in [-0.2, -0.15) is 0 Å². The van der Waals surface area contributed by atoms with Crippen molar-refractivity contribution in [3.8, 4) is 0 Å². The van der Waals surface area contributed by atoms with Crippen molar-refractivity contribution in [3.63, 3.8) is 0 Å². The van der Waals surface area contributed by atoms with E-state index in [0.29, 0.717) is 5.84 Å². The van der Waals surface area contributed by atoms with E-state index in [1.807, 2.05) is 50.2 Å². The third-order valence-corrected chi connectivity index (χ3v) is 2.58. The predicted molar refractivity (Wildman–Crippen MR) is 63.6 cm³/mol. The van der Waals surface area contributed by atoms with Crippen molar-refractivity contribution in [1.82, 2.24) is 9.88 Å². The minimum Gasteiger partial charge on any atom is -0.363 e. The van der Waals surface area contributed by atoms with Gasteiger partial charge >= 0.3 is 0 Å². The largest absolute Gasteiger partial charge is 0.363 e. The number of rotatable bonds is 1. The Morgan fingerprint density at radius 2 is 1.93 bits per heavy atom. The summed E-state index contributed by atoms with van der Waals surface area (Å²) in [6.07, 6.45) is 0. The third-order valence-electron chi connectivity index (χ3n) is 2.58. The molecule has 2 N–H and O–H groups in total. The first kappa shape index (κ1) is 9.77. The molecular weight excluding hydrogens is 186 g/mol. The van der Waals surface area contributed by atoms with Crippen LogP contribution in [0.4, 0.5) is 0 Å². The molecule has 78 valence electrons. The number of aromatic amines is 1. The van der Waals surface area contributed by atoms with E-state index in [0.717, 1.165) is 22.2 Å². The van der Waals surface area contributed by atoms with Gasteiger partial charge in [-0.25, -0.2) is 0 Å². The van der Waals surface area contributed by atoms with Crippen LogP contribution in [0.3, 0.4) is 0 Å². The van der Waals surface area contributed by atoms with Crippen LogP contribution in [0.5, 0.6) is 0 Å². The molecule has 0 saturated heterocycles. The lowest BCUT2D eigenvalue weighted by Crippen LogP contribution is -2.22. The fourth-order valence-electron chi connectivity index (χ4n) is 1.81. The van der Waals surface area contributed by atoms with E-state index in [-0.39, 0.29) is 0 Å². The lowest BCUT2D eigenvalue weighted by molar-refractivity contribution is 0.619. The molecular formula is C12H15N3. The van der Waals surface area contributed by atoms with Crippen LogP contribution in [0.25, 0.3) is 10.9 Å². The van der Waals surface area contributed by atoms with E-state index in [9.17, 15) is 0 Å². The van der Waals surface area contributed by atoms with Crippen molar-refractivity contribution in [2.75, 3.05) is 14.1 Å². The van der Waals surface area contributed by atoms with Crippen molar-refractivity contribution in [2.45, 2.75) is 6.92 Å². The summed E-state index contributed by atoms with van der Waals surface area (Å²) in [6, 6.07) is 8.09. The maximum atomic E-state index is 8.03. The SMILES string of the molecule is Cc1[nH]c2ccccc2c1C(=N)N(C)C. The molecule has 0 unspecified atom stereocenters. The van der Waals surface area contributed by atoms with Crippen LogP contribution in [-0.2, 0) is 0 Å². The first-order valence-electron chi connectivity index (χ1n) is 4.95. The molecule has 0 aliphatic heterocycles. The average Bonchev–Trinajstić information content (AvgIpc) is 2.52. The summed E-state index contributed by atoms with van der Waals surface area (Å²) in [5.74, 6) is 0.546. The molecule has 0 radical (unpaired) electrons. The molecule has 3 nitrogen and oxygen atoms in total. The highest BCUT2D eigenvalue weighted by Gasteiger charge is 2.13. The lowest BCUT2D eigenvalue weighted by Gasteiger charge is -2.13. The summed E-state index contributed by atoms with van der Waals surface area (Å²) in [5.41, 5.74) is 3.14. The molecule has 0 spiro atoms. The average molecular weight is 201 g/mol. The first-order valence-corrected chi connectivity index (χ1v) is 4.95. The standard InChI is InChI=1S/C12H15N3/c1-8-11(12(13)15(2)3)9-6-4-5-7-10(9)14-8/h4-7,13-14H,1-3H3.